The van der Waals surface area contributed by atoms with Gasteiger partial charge in [0.15, 0.2) is 0 Å². The van der Waals surface area contributed by atoms with Gasteiger partial charge in [-0.05, 0) is 25.2 Å². The quantitative estimate of drug-likeness (QED) is 0.679. The second kappa shape index (κ2) is 8.08. The Morgan fingerprint density at radius 2 is 2.00 bits per heavy atom. The maximum Gasteiger partial charge on any atom is 0.326 e. The first-order valence-electron chi connectivity index (χ1n) is 6.67. The van der Waals surface area contributed by atoms with Gasteiger partial charge in [-0.2, -0.15) is 0 Å². The highest BCUT2D eigenvalue weighted by molar-refractivity contribution is 5.81. The summed E-state index contributed by atoms with van der Waals surface area (Å²) in [5, 5.41) is 11.4. The number of carbonyl (C=O) groups is 2. The van der Waals surface area contributed by atoms with Gasteiger partial charge in [0.25, 0.3) is 0 Å². The molecule has 0 saturated carbocycles. The van der Waals surface area contributed by atoms with Crippen molar-refractivity contribution >= 4 is 11.9 Å². The first-order chi connectivity index (χ1) is 8.59. The number of carboxylic acid groups (broad SMARTS) is 1. The lowest BCUT2D eigenvalue weighted by atomic mass is 9.93. The highest BCUT2D eigenvalue weighted by atomic mass is 16.5. The van der Waals surface area contributed by atoms with E-state index >= 15 is 0 Å². The van der Waals surface area contributed by atoms with Crippen LogP contribution in [0.5, 0.6) is 0 Å². The maximum atomic E-state index is 10.9. The normalized spacial score (nSPS) is 18.3. The second-order valence-corrected chi connectivity index (χ2v) is 4.93. The van der Waals surface area contributed by atoms with E-state index in [1.165, 1.54) is 6.92 Å². The fraction of sp³-hybridized carbons (Fsp3) is 0.846. The Morgan fingerprint density at radius 3 is 2.56 bits per heavy atom. The molecule has 0 radical (unpaired) electrons. The third-order valence-electron chi connectivity index (χ3n) is 3.37. The number of amides is 1. The van der Waals surface area contributed by atoms with E-state index < -0.39 is 12.0 Å². The molecule has 1 fully saturated rings. The van der Waals surface area contributed by atoms with Gasteiger partial charge in [-0.1, -0.05) is 19.3 Å². The predicted octanol–water partition coefficient (Wildman–Crippen LogP) is 1.56. The number of ether oxygens (including phenoxy) is 1. The molecule has 5 heteroatoms. The zero-order chi connectivity index (χ0) is 13.4. The summed E-state index contributed by atoms with van der Waals surface area (Å²) in [5.41, 5.74) is 0. The molecule has 0 aromatic rings. The van der Waals surface area contributed by atoms with E-state index in [4.69, 9.17) is 9.84 Å². The molecule has 1 unspecified atom stereocenters. The van der Waals surface area contributed by atoms with Crippen LogP contribution in [0.4, 0.5) is 0 Å². The number of aliphatic carboxylic acids is 1. The molecule has 1 heterocycles. The van der Waals surface area contributed by atoms with E-state index in [0.717, 1.165) is 51.2 Å². The Bertz CT molecular complexity index is 274. The number of carboxylic acids is 1. The molecule has 1 saturated heterocycles. The molecular weight excluding hydrogens is 234 g/mol. The summed E-state index contributed by atoms with van der Waals surface area (Å²) in [7, 11) is 0. The van der Waals surface area contributed by atoms with Crippen molar-refractivity contribution < 1.29 is 19.4 Å². The van der Waals surface area contributed by atoms with Gasteiger partial charge in [-0.25, -0.2) is 4.79 Å². The lowest BCUT2D eigenvalue weighted by molar-refractivity contribution is -0.141. The summed E-state index contributed by atoms with van der Waals surface area (Å²) in [6, 6.07) is -0.739. The molecule has 18 heavy (non-hydrogen) atoms. The van der Waals surface area contributed by atoms with E-state index in [2.05, 4.69) is 5.32 Å². The number of nitrogens with one attached hydrogen (secondary N) is 1. The Kier molecular flexibility index (Phi) is 6.72. The van der Waals surface area contributed by atoms with Gasteiger partial charge in [-0.3, -0.25) is 4.79 Å². The molecule has 1 aliphatic heterocycles. The average Bonchev–Trinajstić information content (AvgIpc) is 2.33. The van der Waals surface area contributed by atoms with Crippen molar-refractivity contribution in [2.24, 2.45) is 5.92 Å². The van der Waals surface area contributed by atoms with Crippen LogP contribution in [0.1, 0.15) is 45.4 Å². The molecule has 5 nitrogen and oxygen atoms in total. The van der Waals surface area contributed by atoms with Crippen LogP contribution in [0, 0.1) is 5.92 Å². The van der Waals surface area contributed by atoms with E-state index in [1.54, 1.807) is 0 Å². The lowest BCUT2D eigenvalue weighted by Gasteiger charge is -2.22. The number of unbranched alkanes of at least 4 members (excludes halogenated alkanes) is 1. The number of hydrogen-bond donors (Lipinski definition) is 2. The van der Waals surface area contributed by atoms with Crippen molar-refractivity contribution in [3.05, 3.63) is 0 Å². The molecule has 0 spiro atoms. The molecule has 1 rings (SSSR count). The Balaban J connectivity index is 2.13. The first-order valence-corrected chi connectivity index (χ1v) is 6.67. The zero-order valence-electron chi connectivity index (χ0n) is 11.0. The summed E-state index contributed by atoms with van der Waals surface area (Å²) < 4.78 is 5.29. The molecule has 104 valence electrons. The van der Waals surface area contributed by atoms with Crippen LogP contribution in [-0.2, 0) is 14.3 Å². The van der Waals surface area contributed by atoms with Crippen LogP contribution < -0.4 is 5.32 Å². The van der Waals surface area contributed by atoms with Crippen molar-refractivity contribution in [1.29, 1.82) is 0 Å². The topological polar surface area (TPSA) is 75.6 Å². The molecule has 0 aromatic carbocycles. The summed E-state index contributed by atoms with van der Waals surface area (Å²) in [6.45, 7) is 3.06. The van der Waals surface area contributed by atoms with Crippen molar-refractivity contribution in [1.82, 2.24) is 5.32 Å². The van der Waals surface area contributed by atoms with Crippen LogP contribution >= 0.6 is 0 Å². The van der Waals surface area contributed by atoms with E-state index in [9.17, 15) is 9.59 Å². The van der Waals surface area contributed by atoms with Gasteiger partial charge in [0.2, 0.25) is 5.91 Å². The van der Waals surface area contributed by atoms with Gasteiger partial charge in [0.05, 0.1) is 0 Å². The summed E-state index contributed by atoms with van der Waals surface area (Å²) in [4.78, 5) is 21.7. The monoisotopic (exact) mass is 257 g/mol. The van der Waals surface area contributed by atoms with Crippen LogP contribution in [0.3, 0.4) is 0 Å². The zero-order valence-corrected chi connectivity index (χ0v) is 11.0. The SMILES string of the molecule is CC(=O)NC(CCCCC1CCOCC1)C(=O)O. The average molecular weight is 257 g/mol. The maximum absolute atomic E-state index is 10.9. The van der Waals surface area contributed by atoms with Crippen molar-refractivity contribution in [3.8, 4) is 0 Å². The van der Waals surface area contributed by atoms with Gasteiger partial charge in [0.1, 0.15) is 6.04 Å². The van der Waals surface area contributed by atoms with Crippen molar-refractivity contribution in [2.45, 2.75) is 51.5 Å². The van der Waals surface area contributed by atoms with Crippen molar-refractivity contribution in [2.75, 3.05) is 13.2 Å². The Hall–Kier alpha value is -1.10. The summed E-state index contributed by atoms with van der Waals surface area (Å²) in [5.74, 6) is -0.508. The minimum absolute atomic E-state index is 0.285. The third-order valence-corrected chi connectivity index (χ3v) is 3.37. The number of carbonyl (C=O) groups excluding carboxylic acids is 1. The largest absolute Gasteiger partial charge is 0.480 e. The van der Waals surface area contributed by atoms with Crippen LogP contribution in [0.15, 0.2) is 0 Å². The minimum atomic E-state index is -0.948. The number of hydrogen-bond acceptors (Lipinski definition) is 3. The van der Waals surface area contributed by atoms with Gasteiger partial charge < -0.3 is 15.2 Å². The van der Waals surface area contributed by atoms with E-state index in [1.807, 2.05) is 0 Å². The molecular formula is C13H23NO4. The highest BCUT2D eigenvalue weighted by Crippen LogP contribution is 2.21. The molecule has 0 bridgehead atoms. The van der Waals surface area contributed by atoms with Gasteiger partial charge >= 0.3 is 5.97 Å². The van der Waals surface area contributed by atoms with Crippen molar-refractivity contribution in [3.63, 3.8) is 0 Å². The second-order valence-electron chi connectivity index (χ2n) is 4.93. The van der Waals surface area contributed by atoms with E-state index in [-0.39, 0.29) is 5.91 Å². The standard InChI is InChI=1S/C13H23NO4/c1-10(15)14-12(13(16)17)5-3-2-4-11-6-8-18-9-7-11/h11-12H,2-9H2,1H3,(H,14,15)(H,16,17). The lowest BCUT2D eigenvalue weighted by Crippen LogP contribution is -2.39. The summed E-state index contributed by atoms with van der Waals surface area (Å²) in [6.07, 6.45) is 5.75. The smallest absolute Gasteiger partial charge is 0.326 e. The molecule has 2 N–H and O–H groups in total. The van der Waals surface area contributed by atoms with Crippen LogP contribution in [0.25, 0.3) is 0 Å². The molecule has 0 aromatic heterocycles. The number of rotatable bonds is 7. The highest BCUT2D eigenvalue weighted by Gasteiger charge is 2.18. The molecule has 1 atom stereocenters. The van der Waals surface area contributed by atoms with Gasteiger partial charge in [-0.15, -0.1) is 0 Å². The van der Waals surface area contributed by atoms with Crippen LogP contribution in [-0.4, -0.2) is 36.2 Å². The Morgan fingerprint density at radius 1 is 1.33 bits per heavy atom. The van der Waals surface area contributed by atoms with Gasteiger partial charge in [0, 0.05) is 20.1 Å². The van der Waals surface area contributed by atoms with E-state index in [0.29, 0.717) is 6.42 Å². The predicted molar refractivity (Wildman–Crippen MR) is 67.3 cm³/mol. The minimum Gasteiger partial charge on any atom is -0.480 e. The molecule has 1 amide bonds. The summed E-state index contributed by atoms with van der Waals surface area (Å²) >= 11 is 0. The molecule has 1 aliphatic rings. The fourth-order valence-electron chi connectivity index (χ4n) is 2.32. The third kappa shape index (κ3) is 6.00. The first kappa shape index (κ1) is 15.0. The molecule has 0 aliphatic carbocycles. The van der Waals surface area contributed by atoms with Crippen LogP contribution in [0.2, 0.25) is 0 Å². The fourth-order valence-corrected chi connectivity index (χ4v) is 2.32. The Labute approximate surface area is 108 Å².